The molecule has 0 bridgehead atoms. The first-order valence-corrected chi connectivity index (χ1v) is 8.03. The molecule has 0 fully saturated rings. The third-order valence-electron chi connectivity index (χ3n) is 4.49. The minimum absolute atomic E-state index is 0.0700. The van der Waals surface area contributed by atoms with E-state index in [1.54, 1.807) is 6.92 Å². The van der Waals surface area contributed by atoms with Crippen LogP contribution in [0, 0.1) is 5.92 Å². The van der Waals surface area contributed by atoms with Crippen LogP contribution < -0.4 is 0 Å². The maximum Gasteiger partial charge on any atom is 0.336 e. The van der Waals surface area contributed by atoms with Gasteiger partial charge in [0, 0.05) is 10.4 Å². The molecular weight excluding hydrogens is 356 g/mol. The number of Topliss-reactive ketones (excluding diaryl/α,β-unsaturated/α-hetero) is 1. The maximum atomic E-state index is 11.6. The van der Waals surface area contributed by atoms with Gasteiger partial charge in [0.1, 0.15) is 5.78 Å². The van der Waals surface area contributed by atoms with Crippen molar-refractivity contribution in [1.82, 2.24) is 0 Å². The summed E-state index contributed by atoms with van der Waals surface area (Å²) in [4.78, 5) is 23.1. The summed E-state index contributed by atoms with van der Waals surface area (Å²) in [6.07, 6.45) is 2.99. The fourth-order valence-electron chi connectivity index (χ4n) is 3.41. The molecule has 2 aliphatic rings. The molecule has 0 spiro atoms. The van der Waals surface area contributed by atoms with Gasteiger partial charge in [-0.05, 0) is 71.3 Å². The number of halogens is 2. The Morgan fingerprint density at radius 2 is 2.14 bits per heavy atom. The maximum absolute atomic E-state index is 11.6. The molecule has 0 amide bonds. The third kappa shape index (κ3) is 2.34. The predicted molar refractivity (Wildman–Crippen MR) is 84.8 cm³/mol. The zero-order chi connectivity index (χ0) is 15.3. The lowest BCUT2D eigenvalue weighted by Crippen LogP contribution is -2.15. The van der Waals surface area contributed by atoms with Crippen LogP contribution in [0.25, 0.3) is 5.57 Å². The van der Waals surface area contributed by atoms with Gasteiger partial charge in [-0.3, -0.25) is 4.79 Å². The van der Waals surface area contributed by atoms with Gasteiger partial charge in [-0.25, -0.2) is 4.79 Å². The highest BCUT2D eigenvalue weighted by Gasteiger charge is 2.34. The van der Waals surface area contributed by atoms with E-state index in [2.05, 4.69) is 15.9 Å². The molecule has 1 atom stereocenters. The van der Waals surface area contributed by atoms with E-state index >= 15 is 0 Å². The Morgan fingerprint density at radius 1 is 1.43 bits per heavy atom. The second-order valence-electron chi connectivity index (χ2n) is 5.69. The third-order valence-corrected chi connectivity index (χ3v) is 5.84. The number of hydrogen-bond acceptors (Lipinski definition) is 2. The summed E-state index contributed by atoms with van der Waals surface area (Å²) in [5.74, 6) is -0.669. The van der Waals surface area contributed by atoms with Crippen LogP contribution in [-0.2, 0) is 11.2 Å². The van der Waals surface area contributed by atoms with Gasteiger partial charge in [0.05, 0.1) is 10.6 Å². The Bertz CT molecular complexity index is 706. The number of rotatable bonds is 2. The molecule has 3 rings (SSSR count). The van der Waals surface area contributed by atoms with Gasteiger partial charge in [0.25, 0.3) is 0 Å². The molecule has 3 nitrogen and oxygen atoms in total. The Balaban J connectivity index is 2.11. The highest BCUT2D eigenvalue weighted by Crippen LogP contribution is 2.49. The highest BCUT2D eigenvalue weighted by atomic mass is 79.9. The van der Waals surface area contributed by atoms with Crippen LogP contribution in [0.1, 0.15) is 47.7 Å². The van der Waals surface area contributed by atoms with E-state index in [1.807, 2.05) is 0 Å². The number of ketones is 1. The van der Waals surface area contributed by atoms with E-state index in [1.165, 1.54) is 17.2 Å². The number of carboxylic acid groups (broad SMARTS) is 1. The van der Waals surface area contributed by atoms with Gasteiger partial charge in [-0.15, -0.1) is 0 Å². The molecule has 1 N–H and O–H groups in total. The quantitative estimate of drug-likeness (QED) is 0.835. The summed E-state index contributed by atoms with van der Waals surface area (Å²) in [5, 5.41) is 9.82. The summed E-state index contributed by atoms with van der Waals surface area (Å²) >= 11 is 9.66. The Morgan fingerprint density at radius 3 is 2.76 bits per heavy atom. The second-order valence-corrected chi connectivity index (χ2v) is 6.89. The lowest BCUT2D eigenvalue weighted by molar-refractivity contribution is -0.120. The fraction of sp³-hybridized carbons (Fsp3) is 0.375. The standard InChI is InChI=1S/C16H14BrClO3/c1-7(19)8-2-3-10-9(4-8)5-11-12(16(20)21)6-13(18)15(17)14(10)11/h6,8H,2-5H2,1H3,(H,20,21). The number of carboxylic acids is 1. The van der Waals surface area contributed by atoms with Gasteiger partial charge in [-0.1, -0.05) is 17.2 Å². The smallest absolute Gasteiger partial charge is 0.336 e. The zero-order valence-electron chi connectivity index (χ0n) is 11.5. The molecule has 21 heavy (non-hydrogen) atoms. The Kier molecular flexibility index (Phi) is 3.70. The van der Waals surface area contributed by atoms with Crippen molar-refractivity contribution in [3.05, 3.63) is 37.8 Å². The van der Waals surface area contributed by atoms with E-state index < -0.39 is 5.97 Å². The molecule has 0 heterocycles. The molecule has 2 aliphatic carbocycles. The highest BCUT2D eigenvalue weighted by molar-refractivity contribution is 9.10. The van der Waals surface area contributed by atoms with Crippen LogP contribution in [0.2, 0.25) is 5.02 Å². The monoisotopic (exact) mass is 368 g/mol. The molecule has 0 saturated heterocycles. The molecule has 0 radical (unpaired) electrons. The normalized spacial score (nSPS) is 20.2. The SMILES string of the molecule is CC(=O)C1CCC2=C(Cc3c(C(=O)O)cc(Cl)c(Br)c32)C1. The number of carbonyl (C=O) groups excluding carboxylic acids is 1. The van der Waals surface area contributed by atoms with Crippen LogP contribution in [0.15, 0.2) is 16.1 Å². The van der Waals surface area contributed by atoms with Crippen molar-refractivity contribution in [3.8, 4) is 0 Å². The van der Waals surface area contributed by atoms with E-state index in [-0.39, 0.29) is 17.3 Å². The topological polar surface area (TPSA) is 54.4 Å². The minimum atomic E-state index is -0.955. The van der Waals surface area contributed by atoms with Crippen molar-refractivity contribution in [2.75, 3.05) is 0 Å². The molecule has 0 saturated carbocycles. The molecule has 0 aliphatic heterocycles. The summed E-state index contributed by atoms with van der Waals surface area (Å²) < 4.78 is 0.774. The number of fused-ring (bicyclic) bond motifs is 2. The van der Waals surface area contributed by atoms with Gasteiger partial charge < -0.3 is 5.11 Å². The molecular formula is C16H14BrClO3. The van der Waals surface area contributed by atoms with Crippen molar-refractivity contribution in [2.45, 2.75) is 32.6 Å². The Hall–Kier alpha value is -1.13. The molecule has 0 aromatic heterocycles. The van der Waals surface area contributed by atoms with Gasteiger partial charge >= 0.3 is 5.97 Å². The van der Waals surface area contributed by atoms with E-state index in [0.29, 0.717) is 11.4 Å². The van der Waals surface area contributed by atoms with Gasteiger partial charge in [-0.2, -0.15) is 0 Å². The van der Waals surface area contributed by atoms with E-state index in [9.17, 15) is 14.7 Å². The number of carbonyl (C=O) groups is 2. The van der Waals surface area contributed by atoms with E-state index in [0.717, 1.165) is 34.9 Å². The number of aromatic carboxylic acids is 1. The van der Waals surface area contributed by atoms with Crippen LogP contribution >= 0.6 is 27.5 Å². The zero-order valence-corrected chi connectivity index (χ0v) is 13.8. The van der Waals surface area contributed by atoms with Crippen LogP contribution in [0.5, 0.6) is 0 Å². The average Bonchev–Trinajstić information content (AvgIpc) is 2.80. The second kappa shape index (κ2) is 5.25. The summed E-state index contributed by atoms with van der Waals surface area (Å²) in [7, 11) is 0. The fourth-order valence-corrected chi connectivity index (χ4v) is 4.21. The minimum Gasteiger partial charge on any atom is -0.478 e. The summed E-state index contributed by atoms with van der Waals surface area (Å²) in [6, 6.07) is 1.51. The summed E-state index contributed by atoms with van der Waals surface area (Å²) in [6.45, 7) is 1.63. The first-order valence-electron chi connectivity index (χ1n) is 6.86. The van der Waals surface area contributed by atoms with Crippen molar-refractivity contribution in [1.29, 1.82) is 0 Å². The molecule has 1 aromatic rings. The first-order chi connectivity index (χ1) is 9.90. The summed E-state index contributed by atoms with van der Waals surface area (Å²) in [5.41, 5.74) is 4.41. The van der Waals surface area contributed by atoms with Gasteiger partial charge in [0.15, 0.2) is 0 Å². The molecule has 1 unspecified atom stereocenters. The van der Waals surface area contributed by atoms with Crippen molar-refractivity contribution in [3.63, 3.8) is 0 Å². The van der Waals surface area contributed by atoms with Crippen LogP contribution in [-0.4, -0.2) is 16.9 Å². The number of benzene rings is 1. The molecule has 110 valence electrons. The van der Waals surface area contributed by atoms with Crippen LogP contribution in [0.4, 0.5) is 0 Å². The van der Waals surface area contributed by atoms with Crippen molar-refractivity contribution >= 4 is 44.9 Å². The Labute approximate surface area is 136 Å². The average molecular weight is 370 g/mol. The van der Waals surface area contributed by atoms with E-state index in [4.69, 9.17) is 11.6 Å². The number of allylic oxidation sites excluding steroid dienone is 2. The lowest BCUT2D eigenvalue weighted by Gasteiger charge is -2.22. The molecule has 1 aromatic carbocycles. The predicted octanol–water partition coefficient (Wildman–Crippen LogP) is 4.50. The first kappa shape index (κ1) is 14.8. The molecule has 5 heteroatoms. The van der Waals surface area contributed by atoms with Crippen molar-refractivity contribution < 1.29 is 14.7 Å². The van der Waals surface area contributed by atoms with Crippen LogP contribution in [0.3, 0.4) is 0 Å². The lowest BCUT2D eigenvalue weighted by atomic mass is 9.82. The number of hydrogen-bond donors (Lipinski definition) is 1. The largest absolute Gasteiger partial charge is 0.478 e. The van der Waals surface area contributed by atoms with Crippen molar-refractivity contribution in [2.24, 2.45) is 5.92 Å². The van der Waals surface area contributed by atoms with Gasteiger partial charge in [0.2, 0.25) is 0 Å².